The Morgan fingerprint density at radius 1 is 0.564 bits per heavy atom. The van der Waals surface area contributed by atoms with Gasteiger partial charge >= 0.3 is 0 Å². The lowest BCUT2D eigenvalue weighted by Crippen LogP contribution is -2.42. The Kier molecular flexibility index (Phi) is 5.37. The zero-order chi connectivity index (χ0) is 26.0. The fraction of sp³-hybridized carbons (Fsp3) is 0.194. The van der Waals surface area contributed by atoms with Crippen molar-refractivity contribution in [3.8, 4) is 0 Å². The van der Waals surface area contributed by atoms with Crippen molar-refractivity contribution in [3.63, 3.8) is 0 Å². The topological polar surface area (TPSA) is 17.1 Å². The molecule has 0 aromatic heterocycles. The van der Waals surface area contributed by atoms with Crippen molar-refractivity contribution in [1.29, 1.82) is 0 Å². The van der Waals surface area contributed by atoms with Crippen LogP contribution < -0.4 is 0 Å². The van der Waals surface area contributed by atoms with Crippen molar-refractivity contribution < 1.29 is 4.79 Å². The molecule has 1 aliphatic heterocycles. The van der Waals surface area contributed by atoms with Gasteiger partial charge in [0, 0.05) is 34.7 Å². The van der Waals surface area contributed by atoms with E-state index in [0.29, 0.717) is 5.78 Å². The van der Waals surface area contributed by atoms with Crippen molar-refractivity contribution in [1.82, 2.24) is 0 Å². The quantitative estimate of drug-likeness (QED) is 0.259. The van der Waals surface area contributed by atoms with Crippen LogP contribution in [0.1, 0.15) is 22.3 Å². The summed E-state index contributed by atoms with van der Waals surface area (Å²) in [6.45, 7) is 0. The highest BCUT2D eigenvalue weighted by Crippen LogP contribution is 2.82. The van der Waals surface area contributed by atoms with E-state index >= 15 is 0 Å². The molecule has 1 spiro atoms. The average Bonchev–Trinajstić information content (AvgIpc) is 3.74. The van der Waals surface area contributed by atoms with Crippen LogP contribution in [0, 0.1) is 17.8 Å². The van der Waals surface area contributed by atoms with E-state index in [-0.39, 0.29) is 21.8 Å². The van der Waals surface area contributed by atoms with Crippen LogP contribution in [0.4, 0.5) is 0 Å². The summed E-state index contributed by atoms with van der Waals surface area (Å²) in [4.78, 5) is 14.5. The van der Waals surface area contributed by atoms with Gasteiger partial charge in [-0.3, -0.25) is 4.79 Å². The Balaban J connectivity index is 1.51. The van der Waals surface area contributed by atoms with Crippen LogP contribution in [0.5, 0.6) is 0 Å². The Bertz CT molecular complexity index is 1620. The molecule has 1 saturated carbocycles. The summed E-state index contributed by atoms with van der Waals surface area (Å²) < 4.78 is -0.0825. The van der Waals surface area contributed by atoms with Crippen molar-refractivity contribution in [2.45, 2.75) is 9.49 Å². The molecule has 4 atom stereocenters. The second kappa shape index (κ2) is 8.87. The first-order chi connectivity index (χ1) is 19.3. The summed E-state index contributed by atoms with van der Waals surface area (Å²) in [7, 11) is 0. The Morgan fingerprint density at radius 2 is 1.05 bits per heavy atom. The number of rotatable bonds is 4. The largest absolute Gasteiger partial charge is 0.294 e. The number of benzene rings is 4. The Labute approximate surface area is 238 Å². The van der Waals surface area contributed by atoms with Gasteiger partial charge < -0.3 is 0 Å². The summed E-state index contributed by atoms with van der Waals surface area (Å²) in [6.07, 6.45) is 2.01. The molecule has 4 aromatic rings. The lowest BCUT2D eigenvalue weighted by molar-refractivity contribution is -0.119. The SMILES string of the molecule is O=C1C=C(c2ccccc2)C2(c3ccccc3)C1C1C(c3ccccc3)=C(c3ccccc3)C2C12SCCS2. The van der Waals surface area contributed by atoms with Crippen molar-refractivity contribution in [2.75, 3.05) is 11.5 Å². The molecule has 3 aliphatic carbocycles. The van der Waals surface area contributed by atoms with E-state index in [4.69, 9.17) is 0 Å². The van der Waals surface area contributed by atoms with Gasteiger partial charge in [-0.25, -0.2) is 0 Å². The first-order valence-corrected chi connectivity index (χ1v) is 15.7. The third-order valence-electron chi connectivity index (χ3n) is 9.29. The Morgan fingerprint density at radius 3 is 1.62 bits per heavy atom. The van der Waals surface area contributed by atoms with Gasteiger partial charge in [0.2, 0.25) is 0 Å². The van der Waals surface area contributed by atoms with Crippen LogP contribution in [0.15, 0.2) is 127 Å². The van der Waals surface area contributed by atoms with Crippen LogP contribution in [0.25, 0.3) is 16.7 Å². The zero-order valence-corrected chi connectivity index (χ0v) is 23.1. The van der Waals surface area contributed by atoms with E-state index in [9.17, 15) is 4.79 Å². The van der Waals surface area contributed by atoms with Crippen LogP contribution in [0.2, 0.25) is 0 Å². The number of allylic oxidation sites excluding steroid dienone is 4. The smallest absolute Gasteiger partial charge is 0.161 e. The number of hydrogen-bond acceptors (Lipinski definition) is 3. The highest BCUT2D eigenvalue weighted by Gasteiger charge is 2.78. The highest BCUT2D eigenvalue weighted by molar-refractivity contribution is 8.21. The fourth-order valence-corrected chi connectivity index (χ4v) is 12.1. The summed E-state index contributed by atoms with van der Waals surface area (Å²) >= 11 is 4.24. The normalized spacial score (nSPS) is 28.3. The minimum absolute atomic E-state index is 0.0825. The van der Waals surface area contributed by atoms with Gasteiger partial charge in [0.25, 0.3) is 0 Å². The monoisotopic (exact) mass is 540 g/mol. The molecule has 0 amide bonds. The molecule has 0 N–H and O–H groups in total. The molecule has 8 rings (SSSR count). The van der Waals surface area contributed by atoms with E-state index in [2.05, 4.69) is 145 Å². The lowest BCUT2D eigenvalue weighted by Gasteiger charge is -2.44. The van der Waals surface area contributed by atoms with Gasteiger partial charge in [-0.05, 0) is 45.0 Å². The molecule has 2 bridgehead atoms. The molecule has 0 radical (unpaired) electrons. The second-order valence-corrected chi connectivity index (χ2v) is 13.9. The maximum absolute atomic E-state index is 14.5. The van der Waals surface area contributed by atoms with Crippen LogP contribution in [-0.2, 0) is 10.2 Å². The van der Waals surface area contributed by atoms with Gasteiger partial charge in [0.05, 0.1) is 4.08 Å². The molecular formula is C36H28OS2. The predicted octanol–water partition coefficient (Wildman–Crippen LogP) is 8.25. The minimum Gasteiger partial charge on any atom is -0.294 e. The molecule has 3 heteroatoms. The van der Waals surface area contributed by atoms with Gasteiger partial charge in [-0.1, -0.05) is 121 Å². The molecular weight excluding hydrogens is 513 g/mol. The van der Waals surface area contributed by atoms with E-state index < -0.39 is 5.41 Å². The highest BCUT2D eigenvalue weighted by atomic mass is 32.2. The fourth-order valence-electron chi connectivity index (χ4n) is 8.19. The van der Waals surface area contributed by atoms with Crippen LogP contribution >= 0.6 is 23.5 Å². The standard InChI is InChI=1S/C36H28OS2/c37-29-23-28(24-13-5-1-6-14-24)35(27-19-11-4-12-20-27)32(29)33-30(25-15-7-2-8-16-25)31(26-17-9-3-10-18-26)34(35)36(33)38-21-22-39-36/h1-20,23,32-34H,21-22H2. The maximum atomic E-state index is 14.5. The number of carbonyl (C=O) groups excluding carboxylic acids is 1. The van der Waals surface area contributed by atoms with E-state index in [1.54, 1.807) is 0 Å². The molecule has 190 valence electrons. The zero-order valence-electron chi connectivity index (χ0n) is 21.5. The van der Waals surface area contributed by atoms with Crippen molar-refractivity contribution >= 4 is 46.0 Å². The summed E-state index contributed by atoms with van der Waals surface area (Å²) in [5.74, 6) is 2.70. The van der Waals surface area contributed by atoms with E-state index in [1.807, 2.05) is 6.08 Å². The van der Waals surface area contributed by atoms with Crippen molar-refractivity contribution in [3.05, 3.63) is 150 Å². The average molecular weight is 541 g/mol. The summed E-state index contributed by atoms with van der Waals surface area (Å²) in [5.41, 5.74) is 8.60. The number of thioether (sulfide) groups is 2. The van der Waals surface area contributed by atoms with Gasteiger partial charge in [0.1, 0.15) is 0 Å². The first-order valence-electron chi connectivity index (χ1n) is 13.8. The van der Waals surface area contributed by atoms with E-state index in [0.717, 1.165) is 11.5 Å². The number of hydrogen-bond donors (Lipinski definition) is 0. The maximum Gasteiger partial charge on any atom is 0.161 e. The second-order valence-electron chi connectivity index (χ2n) is 10.9. The van der Waals surface area contributed by atoms with Crippen LogP contribution in [0.3, 0.4) is 0 Å². The van der Waals surface area contributed by atoms with Gasteiger partial charge in [0.15, 0.2) is 5.78 Å². The summed E-state index contributed by atoms with van der Waals surface area (Å²) in [5, 5.41) is 0. The van der Waals surface area contributed by atoms with Crippen molar-refractivity contribution in [2.24, 2.45) is 17.8 Å². The number of fused-ring (bicyclic) bond motifs is 3. The first kappa shape index (κ1) is 23.6. The summed E-state index contributed by atoms with van der Waals surface area (Å²) in [6, 6.07) is 43.6. The molecule has 1 heterocycles. The van der Waals surface area contributed by atoms with E-state index in [1.165, 1.54) is 39.0 Å². The molecule has 2 fully saturated rings. The van der Waals surface area contributed by atoms with Gasteiger partial charge in [-0.15, -0.1) is 23.5 Å². The molecule has 4 aliphatic rings. The molecule has 1 saturated heterocycles. The number of ketones is 1. The lowest BCUT2D eigenvalue weighted by atomic mass is 9.57. The number of carbonyl (C=O) groups is 1. The van der Waals surface area contributed by atoms with Crippen LogP contribution in [-0.4, -0.2) is 21.4 Å². The molecule has 1 nitrogen and oxygen atoms in total. The Hall–Kier alpha value is -3.27. The minimum atomic E-state index is -0.418. The molecule has 4 unspecified atom stereocenters. The molecule has 4 aromatic carbocycles. The molecule has 39 heavy (non-hydrogen) atoms. The third-order valence-corrected chi connectivity index (χ3v) is 13.0. The predicted molar refractivity (Wildman–Crippen MR) is 165 cm³/mol. The van der Waals surface area contributed by atoms with Gasteiger partial charge in [-0.2, -0.15) is 0 Å². The third kappa shape index (κ3) is 3.09.